The molecule has 0 rings (SSSR count). The van der Waals surface area contributed by atoms with E-state index >= 15 is 0 Å². The number of hydrogen-bond donors (Lipinski definition) is 3. The molecule has 0 aromatic rings. The summed E-state index contributed by atoms with van der Waals surface area (Å²) in [6.45, 7) is 2.70. The summed E-state index contributed by atoms with van der Waals surface area (Å²) in [4.78, 5) is 21.6. The maximum atomic E-state index is 10.9. The van der Waals surface area contributed by atoms with E-state index in [2.05, 4.69) is 30.2 Å². The predicted molar refractivity (Wildman–Crippen MR) is 54.9 cm³/mol. The first-order valence-electron chi connectivity index (χ1n) is 4.39. The predicted octanol–water partition coefficient (Wildman–Crippen LogP) is 0.932. The molecule has 0 aliphatic rings. The summed E-state index contributed by atoms with van der Waals surface area (Å²) < 4.78 is 0. The van der Waals surface area contributed by atoms with Gasteiger partial charge >= 0.3 is 6.03 Å². The van der Waals surface area contributed by atoms with Gasteiger partial charge in [-0.25, -0.2) is 4.79 Å². The van der Waals surface area contributed by atoms with Gasteiger partial charge in [-0.3, -0.25) is 10.1 Å². The number of carbonyl (C=O) groups is 2. The highest BCUT2D eigenvalue weighted by Crippen LogP contribution is 1.90. The number of nitrogens with one attached hydrogen (secondary N) is 2. The molecule has 0 saturated heterocycles. The van der Waals surface area contributed by atoms with Gasteiger partial charge in [0.1, 0.15) is 0 Å². The summed E-state index contributed by atoms with van der Waals surface area (Å²) in [5, 5.41) is 4.72. The van der Waals surface area contributed by atoms with Crippen LogP contribution in [0.25, 0.3) is 0 Å². The number of carbonyl (C=O) groups excluding carboxylic acids is 2. The topological polar surface area (TPSA) is 58.2 Å². The molecule has 2 N–H and O–H groups in total. The smallest absolute Gasteiger partial charge is 0.321 e. The van der Waals surface area contributed by atoms with Crippen LogP contribution < -0.4 is 10.6 Å². The number of imide groups is 1. The highest BCUT2D eigenvalue weighted by Gasteiger charge is 2.03. The van der Waals surface area contributed by atoms with Crippen LogP contribution in [0.15, 0.2) is 0 Å². The number of rotatable bonds is 5. The molecule has 0 radical (unpaired) electrons. The molecule has 3 amide bonds. The number of urea groups is 1. The quantitative estimate of drug-likeness (QED) is 0.461. The summed E-state index contributed by atoms with van der Waals surface area (Å²) >= 11 is 3.72. The van der Waals surface area contributed by atoms with Crippen LogP contribution in [0.1, 0.15) is 26.2 Å². The van der Waals surface area contributed by atoms with Crippen LogP contribution in [0.4, 0.5) is 4.79 Å². The molecule has 0 saturated carbocycles. The summed E-state index contributed by atoms with van der Waals surface area (Å²) in [6, 6.07) is -0.435. The molecule has 4 nitrogen and oxygen atoms in total. The molecule has 76 valence electrons. The van der Waals surface area contributed by atoms with Crippen molar-refractivity contribution in [2.75, 3.05) is 12.3 Å². The maximum Gasteiger partial charge on any atom is 0.321 e. The second kappa shape index (κ2) is 7.91. The van der Waals surface area contributed by atoms with Crippen molar-refractivity contribution in [2.45, 2.75) is 26.2 Å². The SMILES string of the molecule is CCCCCNC(=O)NC(=O)CS. The zero-order valence-electron chi connectivity index (χ0n) is 7.80. The Kier molecular flexibility index (Phi) is 7.48. The fourth-order valence-electron chi connectivity index (χ4n) is 0.787. The molecule has 0 heterocycles. The Morgan fingerprint density at radius 3 is 2.54 bits per heavy atom. The average molecular weight is 204 g/mol. The van der Waals surface area contributed by atoms with Crippen LogP contribution >= 0.6 is 12.6 Å². The summed E-state index contributed by atoms with van der Waals surface area (Å²) in [5.74, 6) is -0.348. The highest BCUT2D eigenvalue weighted by atomic mass is 32.1. The molecular weight excluding hydrogens is 188 g/mol. The van der Waals surface area contributed by atoms with E-state index in [-0.39, 0.29) is 11.7 Å². The van der Waals surface area contributed by atoms with Crippen molar-refractivity contribution in [3.05, 3.63) is 0 Å². The normalized spacial score (nSPS) is 9.38. The first-order chi connectivity index (χ1) is 6.20. The monoisotopic (exact) mass is 204 g/mol. The first-order valence-corrected chi connectivity index (χ1v) is 5.02. The van der Waals surface area contributed by atoms with E-state index in [0.29, 0.717) is 6.54 Å². The molecule has 13 heavy (non-hydrogen) atoms. The lowest BCUT2D eigenvalue weighted by molar-refractivity contribution is -0.117. The van der Waals surface area contributed by atoms with Crippen molar-refractivity contribution in [3.63, 3.8) is 0 Å². The van der Waals surface area contributed by atoms with Crippen LogP contribution in [0, 0.1) is 0 Å². The summed E-state index contributed by atoms with van der Waals surface area (Å²) in [5.41, 5.74) is 0. The number of unbranched alkanes of at least 4 members (excludes halogenated alkanes) is 2. The Morgan fingerprint density at radius 2 is 2.00 bits per heavy atom. The minimum atomic E-state index is -0.435. The van der Waals surface area contributed by atoms with Gasteiger partial charge in [-0.1, -0.05) is 19.8 Å². The molecule has 0 fully saturated rings. The van der Waals surface area contributed by atoms with Gasteiger partial charge in [0.05, 0.1) is 5.75 Å². The molecule has 0 aromatic carbocycles. The van der Waals surface area contributed by atoms with Gasteiger partial charge in [-0.05, 0) is 6.42 Å². The lowest BCUT2D eigenvalue weighted by Crippen LogP contribution is -2.40. The Morgan fingerprint density at radius 1 is 1.31 bits per heavy atom. The Balaban J connectivity index is 3.35. The maximum absolute atomic E-state index is 10.9. The fourth-order valence-corrected chi connectivity index (χ4v) is 0.866. The Bertz CT molecular complexity index is 174. The zero-order valence-corrected chi connectivity index (χ0v) is 8.69. The lowest BCUT2D eigenvalue weighted by atomic mass is 10.2. The lowest BCUT2D eigenvalue weighted by Gasteiger charge is -2.04. The molecule has 0 aromatic heterocycles. The van der Waals surface area contributed by atoms with Crippen LogP contribution in [-0.4, -0.2) is 24.2 Å². The van der Waals surface area contributed by atoms with E-state index in [9.17, 15) is 9.59 Å². The van der Waals surface area contributed by atoms with E-state index in [0.717, 1.165) is 19.3 Å². The Hall–Kier alpha value is -0.710. The third-order valence-corrected chi connectivity index (χ3v) is 1.75. The van der Waals surface area contributed by atoms with Gasteiger partial charge in [-0.2, -0.15) is 12.6 Å². The van der Waals surface area contributed by atoms with Crippen molar-refractivity contribution >= 4 is 24.6 Å². The van der Waals surface area contributed by atoms with E-state index in [1.807, 2.05) is 0 Å². The third kappa shape index (κ3) is 7.64. The van der Waals surface area contributed by atoms with Gasteiger partial charge in [-0.15, -0.1) is 0 Å². The average Bonchev–Trinajstić information content (AvgIpc) is 2.12. The van der Waals surface area contributed by atoms with E-state index < -0.39 is 6.03 Å². The van der Waals surface area contributed by atoms with Crippen LogP contribution in [0.2, 0.25) is 0 Å². The van der Waals surface area contributed by atoms with Gasteiger partial charge in [0.15, 0.2) is 0 Å². The van der Waals surface area contributed by atoms with Crippen molar-refractivity contribution < 1.29 is 9.59 Å². The molecule has 0 aliphatic carbocycles. The number of thiol groups is 1. The summed E-state index contributed by atoms with van der Waals surface area (Å²) in [7, 11) is 0. The van der Waals surface area contributed by atoms with E-state index in [4.69, 9.17) is 0 Å². The fraction of sp³-hybridized carbons (Fsp3) is 0.750. The molecule has 0 aliphatic heterocycles. The molecular formula is C8H16N2O2S. The van der Waals surface area contributed by atoms with Crippen LogP contribution in [0.3, 0.4) is 0 Å². The Labute approximate surface area is 83.9 Å². The molecule has 5 heteroatoms. The van der Waals surface area contributed by atoms with Crippen LogP contribution in [-0.2, 0) is 4.79 Å². The molecule has 0 spiro atoms. The van der Waals surface area contributed by atoms with E-state index in [1.165, 1.54) is 0 Å². The number of hydrogen-bond acceptors (Lipinski definition) is 3. The summed E-state index contributed by atoms with van der Waals surface area (Å²) in [6.07, 6.45) is 3.14. The van der Waals surface area contributed by atoms with Crippen molar-refractivity contribution in [2.24, 2.45) is 0 Å². The highest BCUT2D eigenvalue weighted by molar-refractivity contribution is 7.81. The minimum absolute atomic E-state index is 0.0301. The number of amides is 3. The van der Waals surface area contributed by atoms with Gasteiger partial charge in [0, 0.05) is 6.54 Å². The van der Waals surface area contributed by atoms with Crippen molar-refractivity contribution in [1.82, 2.24) is 10.6 Å². The molecule has 0 bridgehead atoms. The largest absolute Gasteiger partial charge is 0.338 e. The zero-order chi connectivity index (χ0) is 10.1. The van der Waals surface area contributed by atoms with Crippen LogP contribution in [0.5, 0.6) is 0 Å². The molecule has 0 atom stereocenters. The van der Waals surface area contributed by atoms with Gasteiger partial charge in [0.25, 0.3) is 0 Å². The minimum Gasteiger partial charge on any atom is -0.338 e. The van der Waals surface area contributed by atoms with Crippen molar-refractivity contribution in [1.29, 1.82) is 0 Å². The standard InChI is InChI=1S/C8H16N2O2S/c1-2-3-4-5-9-8(12)10-7(11)6-13/h13H,2-6H2,1H3,(H2,9,10,11,12). The van der Waals surface area contributed by atoms with Gasteiger partial charge in [0.2, 0.25) is 5.91 Å². The van der Waals surface area contributed by atoms with E-state index in [1.54, 1.807) is 0 Å². The third-order valence-electron chi connectivity index (χ3n) is 1.46. The van der Waals surface area contributed by atoms with Gasteiger partial charge < -0.3 is 5.32 Å². The second-order valence-electron chi connectivity index (χ2n) is 2.67. The second-order valence-corrected chi connectivity index (χ2v) is 2.99. The molecule has 0 unspecified atom stereocenters. The van der Waals surface area contributed by atoms with Crippen molar-refractivity contribution in [3.8, 4) is 0 Å². The first kappa shape index (κ1) is 12.3.